The van der Waals surface area contributed by atoms with Crippen molar-refractivity contribution in [2.45, 2.75) is 6.10 Å². The number of ether oxygens (including phenoxy) is 2. The molecule has 1 aromatic rings. The summed E-state index contributed by atoms with van der Waals surface area (Å²) >= 11 is 0. The highest BCUT2D eigenvalue weighted by Gasteiger charge is 2.05. The van der Waals surface area contributed by atoms with Gasteiger partial charge in [0.25, 0.3) is 0 Å². The van der Waals surface area contributed by atoms with E-state index in [1.807, 2.05) is 32.3 Å². The summed E-state index contributed by atoms with van der Waals surface area (Å²) in [7, 11) is 5.35. The molecular weight excluding hydrogens is 220 g/mol. The molecule has 0 bridgehead atoms. The lowest BCUT2D eigenvalue weighted by Gasteiger charge is -2.16. The molecule has 0 saturated heterocycles. The average Bonchev–Trinajstić information content (AvgIpc) is 2.34. The fraction of sp³-hybridized carbons (Fsp3) is 0.500. The Labute approximate surface area is 102 Å². The molecule has 1 rings (SSSR count). The van der Waals surface area contributed by atoms with Crippen molar-refractivity contribution in [3.05, 3.63) is 24.3 Å². The number of hydrogen-bond donors (Lipinski definition) is 2. The van der Waals surface area contributed by atoms with Crippen LogP contribution in [0.3, 0.4) is 0 Å². The zero-order chi connectivity index (χ0) is 12.7. The van der Waals surface area contributed by atoms with Crippen molar-refractivity contribution in [3.63, 3.8) is 0 Å². The highest BCUT2D eigenvalue weighted by molar-refractivity contribution is 5.32. The van der Waals surface area contributed by atoms with Crippen LogP contribution in [0.2, 0.25) is 0 Å². The van der Waals surface area contributed by atoms with Gasteiger partial charge in [-0.2, -0.15) is 0 Å². The lowest BCUT2D eigenvalue weighted by Crippen LogP contribution is -2.39. The Balaban J connectivity index is 2.33. The van der Waals surface area contributed by atoms with Crippen LogP contribution in [0.15, 0.2) is 24.3 Å². The third kappa shape index (κ3) is 5.53. The highest BCUT2D eigenvalue weighted by Crippen LogP contribution is 2.18. The van der Waals surface area contributed by atoms with Crippen LogP contribution in [0.25, 0.3) is 0 Å². The Kier molecular flexibility index (Phi) is 5.76. The van der Waals surface area contributed by atoms with Gasteiger partial charge in [0.15, 0.2) is 0 Å². The van der Waals surface area contributed by atoms with Crippen molar-refractivity contribution in [2.75, 3.05) is 34.4 Å². The molecule has 0 aliphatic carbocycles. The number of methoxy groups -OCH3 is 1. The summed E-state index contributed by atoms with van der Waals surface area (Å²) in [6.45, 7) is 0.699. The number of benzene rings is 1. The number of aliphatic hydroxyl groups excluding tert-OH is 1. The molecule has 0 saturated carbocycles. The molecule has 0 heterocycles. The molecule has 0 aliphatic heterocycles. The summed E-state index contributed by atoms with van der Waals surface area (Å²) in [5.41, 5.74) is 2.98. The van der Waals surface area contributed by atoms with Gasteiger partial charge in [0.2, 0.25) is 0 Å². The van der Waals surface area contributed by atoms with Gasteiger partial charge < -0.3 is 14.6 Å². The summed E-state index contributed by atoms with van der Waals surface area (Å²) in [6.07, 6.45) is -0.552. The Morgan fingerprint density at radius 2 is 2.06 bits per heavy atom. The third-order valence-corrected chi connectivity index (χ3v) is 2.13. The summed E-state index contributed by atoms with van der Waals surface area (Å²) in [5.74, 6) is 1.43. The van der Waals surface area contributed by atoms with Crippen LogP contribution in [-0.2, 0) is 0 Å². The minimum atomic E-state index is -0.552. The molecule has 0 fully saturated rings. The molecule has 0 radical (unpaired) electrons. The van der Waals surface area contributed by atoms with Crippen LogP contribution < -0.4 is 14.9 Å². The van der Waals surface area contributed by atoms with Crippen LogP contribution in [0.5, 0.6) is 11.5 Å². The molecule has 0 spiro atoms. The van der Waals surface area contributed by atoms with Crippen LogP contribution in [0.4, 0.5) is 0 Å². The number of hydrogen-bond acceptors (Lipinski definition) is 5. The lowest BCUT2D eigenvalue weighted by molar-refractivity contribution is 0.0883. The van der Waals surface area contributed by atoms with E-state index < -0.39 is 6.10 Å². The summed E-state index contributed by atoms with van der Waals surface area (Å²) in [6, 6.07) is 7.30. The predicted molar refractivity (Wildman–Crippen MR) is 66.2 cm³/mol. The van der Waals surface area contributed by atoms with E-state index in [0.717, 1.165) is 5.75 Å². The second-order valence-corrected chi connectivity index (χ2v) is 3.90. The van der Waals surface area contributed by atoms with E-state index in [4.69, 9.17) is 9.47 Å². The maximum absolute atomic E-state index is 9.64. The maximum atomic E-state index is 9.64. The first kappa shape index (κ1) is 13.8. The SMILES string of the molecule is COc1cccc(OCC(O)CNN(C)C)c1. The minimum Gasteiger partial charge on any atom is -0.497 e. The fourth-order valence-electron chi connectivity index (χ4n) is 1.23. The number of rotatable bonds is 7. The van der Waals surface area contributed by atoms with E-state index >= 15 is 0 Å². The first-order valence-electron chi connectivity index (χ1n) is 5.47. The minimum absolute atomic E-state index is 0.244. The average molecular weight is 240 g/mol. The monoisotopic (exact) mass is 240 g/mol. The molecule has 1 unspecified atom stereocenters. The first-order chi connectivity index (χ1) is 8.11. The quantitative estimate of drug-likeness (QED) is 0.680. The maximum Gasteiger partial charge on any atom is 0.123 e. The van der Waals surface area contributed by atoms with E-state index in [-0.39, 0.29) is 6.61 Å². The number of aliphatic hydroxyl groups is 1. The zero-order valence-corrected chi connectivity index (χ0v) is 10.5. The Morgan fingerprint density at radius 3 is 2.71 bits per heavy atom. The molecular formula is C12H20N2O3. The van der Waals surface area contributed by atoms with Crippen LogP contribution in [-0.4, -0.2) is 50.6 Å². The van der Waals surface area contributed by atoms with E-state index in [9.17, 15) is 5.11 Å². The van der Waals surface area contributed by atoms with Crippen molar-refractivity contribution in [1.29, 1.82) is 0 Å². The summed E-state index contributed by atoms with van der Waals surface area (Å²) in [4.78, 5) is 0. The Hall–Kier alpha value is -1.30. The molecule has 0 aliphatic rings. The topological polar surface area (TPSA) is 54.0 Å². The molecule has 2 N–H and O–H groups in total. The summed E-state index contributed by atoms with van der Waals surface area (Å²) in [5, 5.41) is 11.4. The largest absolute Gasteiger partial charge is 0.497 e. The van der Waals surface area contributed by atoms with E-state index in [0.29, 0.717) is 12.3 Å². The van der Waals surface area contributed by atoms with Gasteiger partial charge in [-0.05, 0) is 12.1 Å². The summed E-state index contributed by atoms with van der Waals surface area (Å²) < 4.78 is 10.5. The Bertz CT molecular complexity index is 331. The number of nitrogens with zero attached hydrogens (tertiary/aromatic N) is 1. The van der Waals surface area contributed by atoms with Gasteiger partial charge in [0.05, 0.1) is 7.11 Å². The molecule has 1 aromatic carbocycles. The second-order valence-electron chi connectivity index (χ2n) is 3.90. The first-order valence-corrected chi connectivity index (χ1v) is 5.47. The van der Waals surface area contributed by atoms with Gasteiger partial charge in [0, 0.05) is 26.7 Å². The van der Waals surface area contributed by atoms with E-state index in [2.05, 4.69) is 5.43 Å². The van der Waals surface area contributed by atoms with Crippen molar-refractivity contribution in [1.82, 2.24) is 10.4 Å². The van der Waals surface area contributed by atoms with Gasteiger partial charge in [-0.25, -0.2) is 0 Å². The van der Waals surface area contributed by atoms with Crippen molar-refractivity contribution < 1.29 is 14.6 Å². The van der Waals surface area contributed by atoms with Gasteiger partial charge in [0.1, 0.15) is 24.2 Å². The van der Waals surface area contributed by atoms with Crippen molar-refractivity contribution >= 4 is 0 Å². The Morgan fingerprint density at radius 1 is 1.35 bits per heavy atom. The third-order valence-electron chi connectivity index (χ3n) is 2.13. The molecule has 5 nitrogen and oxygen atoms in total. The normalized spacial score (nSPS) is 12.5. The second kappa shape index (κ2) is 7.11. The molecule has 0 aromatic heterocycles. The molecule has 5 heteroatoms. The smallest absolute Gasteiger partial charge is 0.123 e. The molecule has 1 atom stereocenters. The number of nitrogens with one attached hydrogen (secondary N) is 1. The van der Waals surface area contributed by atoms with Crippen LogP contribution in [0.1, 0.15) is 0 Å². The lowest BCUT2D eigenvalue weighted by atomic mass is 10.3. The van der Waals surface area contributed by atoms with Gasteiger partial charge in [-0.3, -0.25) is 10.4 Å². The van der Waals surface area contributed by atoms with Gasteiger partial charge in [-0.1, -0.05) is 6.07 Å². The molecule has 0 amide bonds. The van der Waals surface area contributed by atoms with E-state index in [1.54, 1.807) is 18.2 Å². The predicted octanol–water partition coefficient (Wildman–Crippen LogP) is 0.501. The fourth-order valence-corrected chi connectivity index (χ4v) is 1.23. The number of hydrazine groups is 1. The van der Waals surface area contributed by atoms with E-state index in [1.165, 1.54) is 0 Å². The van der Waals surface area contributed by atoms with Crippen molar-refractivity contribution in [2.24, 2.45) is 0 Å². The van der Waals surface area contributed by atoms with Crippen molar-refractivity contribution in [3.8, 4) is 11.5 Å². The standard InChI is InChI=1S/C12H20N2O3/c1-14(2)13-8-10(15)9-17-12-6-4-5-11(7-12)16-3/h4-7,10,13,15H,8-9H2,1-3H3. The van der Waals surface area contributed by atoms with Gasteiger partial charge in [-0.15, -0.1) is 0 Å². The highest BCUT2D eigenvalue weighted by atomic mass is 16.5. The van der Waals surface area contributed by atoms with Gasteiger partial charge >= 0.3 is 0 Å². The van der Waals surface area contributed by atoms with Crippen LogP contribution in [0, 0.1) is 0 Å². The zero-order valence-electron chi connectivity index (χ0n) is 10.5. The molecule has 96 valence electrons. The molecule has 17 heavy (non-hydrogen) atoms. The van der Waals surface area contributed by atoms with Crippen LogP contribution >= 0.6 is 0 Å².